The number of carbonyl (C=O) groups excluding carboxylic acids is 1. The Balaban J connectivity index is 2.47. The number of thioether (sulfide) groups is 2. The predicted octanol–water partition coefficient (Wildman–Crippen LogP) is 5.96. The van der Waals surface area contributed by atoms with Gasteiger partial charge in [0.15, 0.2) is 0 Å². The van der Waals surface area contributed by atoms with Crippen LogP contribution >= 0.6 is 23.5 Å². The average Bonchev–Trinajstić information content (AvgIpc) is 2.88. The third-order valence-corrected chi connectivity index (χ3v) is 6.80. The monoisotopic (exact) mass is 407 g/mol. The molecule has 1 aromatic rings. The van der Waals surface area contributed by atoms with Crippen molar-refractivity contribution in [3.8, 4) is 5.75 Å². The second-order valence-electron chi connectivity index (χ2n) is 9.08. The van der Waals surface area contributed by atoms with Gasteiger partial charge < -0.3 is 10.0 Å². The number of hydrogen-bond donors (Lipinski definition) is 1. The van der Waals surface area contributed by atoms with E-state index in [9.17, 15) is 9.90 Å². The Kier molecular flexibility index (Phi) is 6.68. The van der Waals surface area contributed by atoms with Crippen LogP contribution in [-0.2, 0) is 15.6 Å². The highest BCUT2D eigenvalue weighted by molar-refractivity contribution is 8.04. The van der Waals surface area contributed by atoms with Crippen molar-refractivity contribution in [3.05, 3.63) is 33.7 Å². The first-order valence-corrected chi connectivity index (χ1v) is 11.5. The van der Waals surface area contributed by atoms with Crippen LogP contribution in [0.25, 0.3) is 6.08 Å². The van der Waals surface area contributed by atoms with E-state index in [2.05, 4.69) is 55.4 Å². The number of benzene rings is 1. The third-order valence-electron chi connectivity index (χ3n) is 4.72. The van der Waals surface area contributed by atoms with E-state index in [1.165, 1.54) is 0 Å². The summed E-state index contributed by atoms with van der Waals surface area (Å²) in [7, 11) is 0. The molecular weight excluding hydrogens is 374 g/mol. The van der Waals surface area contributed by atoms with Crippen molar-refractivity contribution in [2.45, 2.75) is 71.6 Å². The van der Waals surface area contributed by atoms with E-state index in [1.807, 2.05) is 23.1 Å². The highest BCUT2D eigenvalue weighted by Crippen LogP contribution is 2.41. The van der Waals surface area contributed by atoms with Gasteiger partial charge in [0.1, 0.15) is 5.75 Å². The Bertz CT molecular complexity index is 707. The molecule has 0 radical (unpaired) electrons. The molecular formula is C22H33NO2S2. The number of rotatable bonds is 4. The average molecular weight is 408 g/mol. The lowest BCUT2D eigenvalue weighted by atomic mass is 9.78. The molecule has 0 saturated carbocycles. The summed E-state index contributed by atoms with van der Waals surface area (Å²) in [5.41, 5.74) is 2.47. The van der Waals surface area contributed by atoms with Crippen LogP contribution in [0.4, 0.5) is 0 Å². The van der Waals surface area contributed by atoms with Crippen LogP contribution in [0.1, 0.15) is 72.1 Å². The van der Waals surface area contributed by atoms with Crippen LogP contribution in [0.3, 0.4) is 0 Å². The van der Waals surface area contributed by atoms with Crippen molar-refractivity contribution < 1.29 is 9.90 Å². The summed E-state index contributed by atoms with van der Waals surface area (Å²) in [4.78, 5) is 15.5. The van der Waals surface area contributed by atoms with Gasteiger partial charge in [-0.1, -0.05) is 60.2 Å². The largest absolute Gasteiger partial charge is 0.507 e. The first-order chi connectivity index (χ1) is 12.4. The molecule has 1 unspecified atom stereocenters. The lowest BCUT2D eigenvalue weighted by Crippen LogP contribution is -2.32. The van der Waals surface area contributed by atoms with Gasteiger partial charge >= 0.3 is 0 Å². The van der Waals surface area contributed by atoms with Gasteiger partial charge in [-0.25, -0.2) is 0 Å². The smallest absolute Gasteiger partial charge is 0.261 e. The van der Waals surface area contributed by atoms with E-state index < -0.39 is 0 Å². The van der Waals surface area contributed by atoms with E-state index in [0.717, 1.165) is 27.3 Å². The molecule has 1 aliphatic rings. The molecule has 27 heavy (non-hydrogen) atoms. The number of nitrogens with zero attached hydrogens (tertiary/aromatic N) is 1. The predicted molar refractivity (Wildman–Crippen MR) is 120 cm³/mol. The van der Waals surface area contributed by atoms with E-state index in [1.54, 1.807) is 23.5 Å². The van der Waals surface area contributed by atoms with Gasteiger partial charge in [-0.05, 0) is 47.3 Å². The number of aromatic hydroxyl groups is 1. The van der Waals surface area contributed by atoms with Crippen molar-refractivity contribution in [2.24, 2.45) is 0 Å². The fourth-order valence-corrected chi connectivity index (χ4v) is 5.15. The Hall–Kier alpha value is -1.07. The first kappa shape index (κ1) is 22.2. The summed E-state index contributed by atoms with van der Waals surface area (Å²) < 4.78 is 0. The van der Waals surface area contributed by atoms with E-state index in [-0.39, 0.29) is 22.1 Å². The van der Waals surface area contributed by atoms with Gasteiger partial charge in [-0.15, -0.1) is 11.8 Å². The molecule has 1 aliphatic heterocycles. The highest BCUT2D eigenvalue weighted by Gasteiger charge is 2.31. The van der Waals surface area contributed by atoms with Crippen molar-refractivity contribution >= 4 is 35.5 Å². The van der Waals surface area contributed by atoms with Crippen molar-refractivity contribution in [2.75, 3.05) is 11.6 Å². The van der Waals surface area contributed by atoms with Crippen LogP contribution in [0.15, 0.2) is 17.0 Å². The molecule has 1 atom stereocenters. The van der Waals surface area contributed by atoms with Crippen molar-refractivity contribution in [1.82, 2.24) is 4.90 Å². The molecule has 5 heteroatoms. The highest BCUT2D eigenvalue weighted by atomic mass is 32.2. The topological polar surface area (TPSA) is 40.5 Å². The summed E-state index contributed by atoms with van der Waals surface area (Å²) in [6.45, 7) is 16.8. The van der Waals surface area contributed by atoms with Crippen LogP contribution in [0.2, 0.25) is 0 Å². The summed E-state index contributed by atoms with van der Waals surface area (Å²) in [5, 5.41) is 11.1. The third kappa shape index (κ3) is 5.05. The molecule has 1 aromatic carbocycles. The fourth-order valence-electron chi connectivity index (χ4n) is 3.14. The quantitative estimate of drug-likeness (QED) is 0.625. The van der Waals surface area contributed by atoms with Crippen molar-refractivity contribution in [1.29, 1.82) is 0 Å². The molecule has 0 aliphatic carbocycles. The zero-order chi connectivity index (χ0) is 20.6. The molecule has 1 N–H and O–H groups in total. The van der Waals surface area contributed by atoms with Crippen LogP contribution < -0.4 is 0 Å². The van der Waals surface area contributed by atoms with Crippen molar-refractivity contribution in [3.63, 3.8) is 0 Å². The Morgan fingerprint density at radius 2 is 1.70 bits per heavy atom. The second kappa shape index (κ2) is 8.12. The number of carbonyl (C=O) groups is 1. The lowest BCUT2D eigenvalue weighted by molar-refractivity contribution is -0.125. The summed E-state index contributed by atoms with van der Waals surface area (Å²) >= 11 is 3.39. The first-order valence-electron chi connectivity index (χ1n) is 9.51. The molecule has 0 spiro atoms. The van der Waals surface area contributed by atoms with E-state index >= 15 is 0 Å². The molecule has 0 aromatic heterocycles. The summed E-state index contributed by atoms with van der Waals surface area (Å²) in [6, 6.07) is 4.05. The maximum absolute atomic E-state index is 12.8. The van der Waals surface area contributed by atoms with E-state index in [0.29, 0.717) is 11.6 Å². The standard InChI is InChI=1S/C22H33NO2S2/c1-9-26-14(2)23-13-27-18(20(23)25)12-15-10-16(21(3,4)5)19(24)17(11-15)22(6,7)8/h10-12,14,24H,9,13H2,1-8H3. The second-order valence-corrected chi connectivity index (χ2v) is 11.7. The minimum atomic E-state index is -0.177. The molecule has 1 heterocycles. The Morgan fingerprint density at radius 3 is 2.15 bits per heavy atom. The molecule has 0 bridgehead atoms. The number of amides is 1. The molecule has 3 nitrogen and oxygen atoms in total. The number of phenolic OH excluding ortho intramolecular Hbond substituents is 1. The van der Waals surface area contributed by atoms with Gasteiger partial charge in [0.25, 0.3) is 5.91 Å². The van der Waals surface area contributed by atoms with Crippen LogP contribution in [0, 0.1) is 0 Å². The van der Waals surface area contributed by atoms with Gasteiger partial charge in [0, 0.05) is 11.1 Å². The van der Waals surface area contributed by atoms with Gasteiger partial charge in [-0.2, -0.15) is 0 Å². The maximum atomic E-state index is 12.8. The summed E-state index contributed by atoms with van der Waals surface area (Å²) in [5.74, 6) is 2.18. The zero-order valence-corrected chi connectivity index (χ0v) is 19.5. The molecule has 1 saturated heterocycles. The number of hydrogen-bond acceptors (Lipinski definition) is 4. The fraction of sp³-hybridized carbons (Fsp3) is 0.591. The van der Waals surface area contributed by atoms with Gasteiger partial charge in [0.05, 0.1) is 16.2 Å². The zero-order valence-electron chi connectivity index (χ0n) is 17.8. The Labute approximate surface area is 173 Å². The van der Waals surface area contributed by atoms with Gasteiger partial charge in [0.2, 0.25) is 0 Å². The minimum Gasteiger partial charge on any atom is -0.507 e. The molecule has 1 fully saturated rings. The Morgan fingerprint density at radius 1 is 1.19 bits per heavy atom. The normalized spacial score (nSPS) is 18.4. The molecule has 150 valence electrons. The maximum Gasteiger partial charge on any atom is 0.261 e. The summed E-state index contributed by atoms with van der Waals surface area (Å²) in [6.07, 6.45) is 1.99. The minimum absolute atomic E-state index is 0.108. The van der Waals surface area contributed by atoms with Crippen LogP contribution in [0.5, 0.6) is 5.75 Å². The van der Waals surface area contributed by atoms with Crippen LogP contribution in [-0.4, -0.2) is 32.9 Å². The van der Waals surface area contributed by atoms with Gasteiger partial charge in [-0.3, -0.25) is 4.79 Å². The molecule has 1 amide bonds. The molecule has 2 rings (SSSR count). The lowest BCUT2D eigenvalue weighted by Gasteiger charge is -2.28. The number of phenols is 1. The SMILES string of the molecule is CCSC(C)N1CSC(=Cc2cc(C(C)(C)C)c(O)c(C(C)(C)C)c2)C1=O. The van der Waals surface area contributed by atoms with E-state index in [4.69, 9.17) is 0 Å².